The zero-order valence-electron chi connectivity index (χ0n) is 13.9. The van der Waals surface area contributed by atoms with Crippen LogP contribution in [0.5, 0.6) is 0 Å². The molecule has 1 aromatic heterocycles. The third kappa shape index (κ3) is 4.37. The maximum atomic E-state index is 6.02. The van der Waals surface area contributed by atoms with E-state index >= 15 is 0 Å². The highest BCUT2D eigenvalue weighted by molar-refractivity contribution is 14.0. The van der Waals surface area contributed by atoms with Gasteiger partial charge in [0, 0.05) is 13.1 Å². The number of nitrogens with zero attached hydrogens (tertiary/aromatic N) is 3. The molecule has 0 spiro atoms. The van der Waals surface area contributed by atoms with E-state index in [1.54, 1.807) is 0 Å². The summed E-state index contributed by atoms with van der Waals surface area (Å²) < 4.78 is 2.09. The highest BCUT2D eigenvalue weighted by Gasteiger charge is 2.13. The molecule has 1 aliphatic rings. The molecule has 23 heavy (non-hydrogen) atoms. The Hall–Kier alpha value is -1.31. The van der Waals surface area contributed by atoms with Crippen LogP contribution in [0.25, 0.3) is 11.0 Å². The molecule has 6 heteroatoms. The number of aromatic nitrogens is 2. The Bertz CT molecular complexity index is 686. The summed E-state index contributed by atoms with van der Waals surface area (Å²) in [7, 11) is 2.03. The van der Waals surface area contributed by atoms with Crippen LogP contribution in [-0.4, -0.2) is 21.6 Å². The molecule has 1 aliphatic carbocycles. The van der Waals surface area contributed by atoms with Crippen LogP contribution < -0.4 is 11.1 Å². The first kappa shape index (κ1) is 18.0. The van der Waals surface area contributed by atoms with Gasteiger partial charge in [0.15, 0.2) is 5.96 Å². The summed E-state index contributed by atoms with van der Waals surface area (Å²) in [5, 5.41) is 3.34. The number of imidazole rings is 1. The molecule has 0 radical (unpaired) electrons. The van der Waals surface area contributed by atoms with Crippen LogP contribution in [0.1, 0.15) is 43.5 Å². The number of halogens is 1. The minimum absolute atomic E-state index is 0. The van der Waals surface area contributed by atoms with Crippen LogP contribution in [0.15, 0.2) is 23.2 Å². The SMILES string of the molecule is Cc1ccc2c(c1)nc(CN=C(N)NC1CCCCC1)n2C.I. The van der Waals surface area contributed by atoms with Crippen molar-refractivity contribution in [2.75, 3.05) is 0 Å². The van der Waals surface area contributed by atoms with Crippen molar-refractivity contribution in [2.24, 2.45) is 17.8 Å². The van der Waals surface area contributed by atoms with E-state index in [2.05, 4.69) is 45.0 Å². The molecule has 1 saturated carbocycles. The topological polar surface area (TPSA) is 68.2 Å². The van der Waals surface area contributed by atoms with E-state index in [0.29, 0.717) is 18.5 Å². The zero-order valence-corrected chi connectivity index (χ0v) is 16.2. The van der Waals surface area contributed by atoms with Crippen LogP contribution >= 0.6 is 24.0 Å². The lowest BCUT2D eigenvalue weighted by atomic mass is 9.96. The van der Waals surface area contributed by atoms with Gasteiger partial charge < -0.3 is 15.6 Å². The van der Waals surface area contributed by atoms with Gasteiger partial charge in [-0.25, -0.2) is 9.98 Å². The Labute approximate surface area is 154 Å². The van der Waals surface area contributed by atoms with Crippen molar-refractivity contribution in [2.45, 2.75) is 51.6 Å². The quantitative estimate of drug-likeness (QED) is 0.449. The summed E-state index contributed by atoms with van der Waals surface area (Å²) in [6.07, 6.45) is 6.31. The third-order valence-corrected chi connectivity index (χ3v) is 4.48. The molecular formula is C17H26IN5. The van der Waals surface area contributed by atoms with Gasteiger partial charge in [0.1, 0.15) is 12.4 Å². The Morgan fingerprint density at radius 1 is 1.35 bits per heavy atom. The van der Waals surface area contributed by atoms with Crippen molar-refractivity contribution in [3.8, 4) is 0 Å². The van der Waals surface area contributed by atoms with E-state index in [-0.39, 0.29) is 24.0 Å². The van der Waals surface area contributed by atoms with E-state index in [4.69, 9.17) is 5.73 Å². The standard InChI is InChI=1S/C17H25N5.HI/c1-12-8-9-15-14(10-12)21-16(22(15)2)11-19-17(18)20-13-6-4-3-5-7-13;/h8-10,13H,3-7,11H2,1-2H3,(H3,18,19,20);1H. The molecule has 3 rings (SSSR count). The molecule has 2 aromatic rings. The van der Waals surface area contributed by atoms with Crippen LogP contribution in [0.2, 0.25) is 0 Å². The molecular weight excluding hydrogens is 401 g/mol. The Kier molecular flexibility index (Phi) is 6.26. The van der Waals surface area contributed by atoms with Gasteiger partial charge in [-0.2, -0.15) is 0 Å². The van der Waals surface area contributed by atoms with E-state index in [9.17, 15) is 0 Å². The summed E-state index contributed by atoms with van der Waals surface area (Å²) in [5.41, 5.74) is 9.40. The molecule has 1 aromatic carbocycles. The number of rotatable bonds is 3. The molecule has 126 valence electrons. The highest BCUT2D eigenvalue weighted by Crippen LogP contribution is 2.18. The second-order valence-electron chi connectivity index (χ2n) is 6.26. The van der Waals surface area contributed by atoms with E-state index in [0.717, 1.165) is 16.9 Å². The first-order chi connectivity index (χ1) is 10.6. The molecule has 0 bridgehead atoms. The number of hydrogen-bond acceptors (Lipinski definition) is 2. The fourth-order valence-electron chi connectivity index (χ4n) is 3.16. The van der Waals surface area contributed by atoms with Crippen molar-refractivity contribution < 1.29 is 0 Å². The lowest BCUT2D eigenvalue weighted by molar-refractivity contribution is 0.412. The predicted octanol–water partition coefficient (Wildman–Crippen LogP) is 3.24. The summed E-state index contributed by atoms with van der Waals surface area (Å²) in [6.45, 7) is 2.59. The Morgan fingerprint density at radius 2 is 2.09 bits per heavy atom. The van der Waals surface area contributed by atoms with Crippen LogP contribution in [0.3, 0.4) is 0 Å². The molecule has 0 unspecified atom stereocenters. The molecule has 1 fully saturated rings. The average molecular weight is 427 g/mol. The number of guanidine groups is 1. The monoisotopic (exact) mass is 427 g/mol. The Balaban J connectivity index is 0.00000192. The van der Waals surface area contributed by atoms with E-state index in [1.807, 2.05) is 7.05 Å². The maximum Gasteiger partial charge on any atom is 0.189 e. The minimum atomic E-state index is 0. The largest absolute Gasteiger partial charge is 0.370 e. The van der Waals surface area contributed by atoms with Crippen LogP contribution in [0.4, 0.5) is 0 Å². The van der Waals surface area contributed by atoms with Crippen molar-refractivity contribution in [1.29, 1.82) is 0 Å². The second kappa shape index (κ2) is 7.99. The van der Waals surface area contributed by atoms with Crippen LogP contribution in [-0.2, 0) is 13.6 Å². The number of aryl methyl sites for hydroxylation is 2. The van der Waals surface area contributed by atoms with Gasteiger partial charge in [0.25, 0.3) is 0 Å². The predicted molar refractivity (Wildman–Crippen MR) is 106 cm³/mol. The van der Waals surface area contributed by atoms with Gasteiger partial charge in [-0.1, -0.05) is 25.3 Å². The van der Waals surface area contributed by atoms with Gasteiger partial charge in [-0.05, 0) is 37.5 Å². The highest BCUT2D eigenvalue weighted by atomic mass is 127. The van der Waals surface area contributed by atoms with Gasteiger partial charge in [-0.3, -0.25) is 0 Å². The summed E-state index contributed by atoms with van der Waals surface area (Å²) in [4.78, 5) is 9.13. The number of nitrogens with two attached hydrogens (primary N) is 1. The van der Waals surface area contributed by atoms with Crippen LogP contribution in [0, 0.1) is 6.92 Å². The second-order valence-corrected chi connectivity index (χ2v) is 6.26. The molecule has 5 nitrogen and oxygen atoms in total. The fraction of sp³-hybridized carbons (Fsp3) is 0.529. The molecule has 1 heterocycles. The van der Waals surface area contributed by atoms with Gasteiger partial charge in [0.2, 0.25) is 0 Å². The summed E-state index contributed by atoms with van der Waals surface area (Å²) >= 11 is 0. The minimum Gasteiger partial charge on any atom is -0.370 e. The molecule has 3 N–H and O–H groups in total. The normalized spacial score (nSPS) is 16.3. The lowest BCUT2D eigenvalue weighted by Crippen LogP contribution is -2.41. The number of nitrogens with one attached hydrogen (secondary N) is 1. The number of fused-ring (bicyclic) bond motifs is 1. The van der Waals surface area contributed by atoms with Crippen molar-refractivity contribution in [3.63, 3.8) is 0 Å². The first-order valence-corrected chi connectivity index (χ1v) is 8.12. The van der Waals surface area contributed by atoms with Crippen molar-refractivity contribution >= 4 is 41.0 Å². The molecule has 0 saturated heterocycles. The van der Waals surface area contributed by atoms with E-state index < -0.39 is 0 Å². The molecule has 0 aliphatic heterocycles. The first-order valence-electron chi connectivity index (χ1n) is 8.12. The van der Waals surface area contributed by atoms with E-state index in [1.165, 1.54) is 37.7 Å². The Morgan fingerprint density at radius 3 is 2.83 bits per heavy atom. The van der Waals surface area contributed by atoms with Crippen molar-refractivity contribution in [3.05, 3.63) is 29.6 Å². The van der Waals surface area contributed by atoms with Crippen molar-refractivity contribution in [1.82, 2.24) is 14.9 Å². The summed E-state index contributed by atoms with van der Waals surface area (Å²) in [5.74, 6) is 1.48. The number of benzene rings is 1. The smallest absolute Gasteiger partial charge is 0.189 e. The van der Waals surface area contributed by atoms with Gasteiger partial charge in [0.05, 0.1) is 11.0 Å². The molecule has 0 amide bonds. The maximum absolute atomic E-state index is 6.02. The number of aliphatic imine (C=N–C) groups is 1. The van der Waals surface area contributed by atoms with Gasteiger partial charge >= 0.3 is 0 Å². The van der Waals surface area contributed by atoms with Gasteiger partial charge in [-0.15, -0.1) is 24.0 Å². The zero-order chi connectivity index (χ0) is 15.5. The summed E-state index contributed by atoms with van der Waals surface area (Å²) in [6, 6.07) is 6.80. The molecule has 0 atom stereocenters. The third-order valence-electron chi connectivity index (χ3n) is 4.48. The number of hydrogen-bond donors (Lipinski definition) is 2. The average Bonchev–Trinajstić information content (AvgIpc) is 2.82. The lowest BCUT2D eigenvalue weighted by Gasteiger charge is -2.23. The fourth-order valence-corrected chi connectivity index (χ4v) is 3.16.